The van der Waals surface area contributed by atoms with Crippen molar-refractivity contribution in [2.24, 2.45) is 16.6 Å². The largest absolute Gasteiger partial charge is 0.355 e. The fraction of sp³-hybridized carbons (Fsp3) is 0.933. The molecule has 1 aliphatic rings. The van der Waals surface area contributed by atoms with Crippen LogP contribution in [0.1, 0.15) is 66.7 Å². The predicted molar refractivity (Wildman–Crippen MR) is 76.2 cm³/mol. The monoisotopic (exact) mass is 254 g/mol. The lowest BCUT2D eigenvalue weighted by molar-refractivity contribution is -0.132. The summed E-state index contributed by atoms with van der Waals surface area (Å²) >= 11 is 0. The van der Waals surface area contributed by atoms with Gasteiger partial charge in [-0.05, 0) is 46.0 Å². The maximum absolute atomic E-state index is 12.3. The Hall–Kier alpha value is -0.570. The van der Waals surface area contributed by atoms with Gasteiger partial charge in [0.25, 0.3) is 0 Å². The number of nitrogens with two attached hydrogens (primary N) is 1. The molecule has 0 unspecified atom stereocenters. The van der Waals surface area contributed by atoms with Crippen LogP contribution in [0, 0.1) is 10.8 Å². The highest BCUT2D eigenvalue weighted by Gasteiger charge is 2.41. The van der Waals surface area contributed by atoms with Crippen LogP contribution < -0.4 is 11.1 Å². The van der Waals surface area contributed by atoms with Crippen molar-refractivity contribution in [1.29, 1.82) is 0 Å². The summed E-state index contributed by atoms with van der Waals surface area (Å²) in [6.45, 7) is 10.7. The molecule has 1 fully saturated rings. The van der Waals surface area contributed by atoms with E-state index in [1.807, 2.05) is 27.7 Å². The lowest BCUT2D eigenvalue weighted by Gasteiger charge is -2.39. The summed E-state index contributed by atoms with van der Waals surface area (Å²) in [5.74, 6) is 0.0711. The van der Waals surface area contributed by atoms with Crippen molar-refractivity contribution in [3.05, 3.63) is 0 Å². The van der Waals surface area contributed by atoms with Crippen molar-refractivity contribution in [1.82, 2.24) is 5.32 Å². The third-order valence-electron chi connectivity index (χ3n) is 4.91. The lowest BCUT2D eigenvalue weighted by Crippen LogP contribution is -2.56. The van der Waals surface area contributed by atoms with E-state index < -0.39 is 11.0 Å². The molecule has 1 aliphatic carbocycles. The molecule has 0 radical (unpaired) electrons. The second-order valence-corrected chi connectivity index (χ2v) is 7.40. The number of rotatable bonds is 4. The Balaban J connectivity index is 2.55. The Morgan fingerprint density at radius 2 is 1.67 bits per heavy atom. The molecule has 0 atom stereocenters. The highest BCUT2D eigenvalue weighted by Crippen LogP contribution is 2.35. The molecule has 1 saturated carbocycles. The molecule has 0 spiro atoms. The second-order valence-electron chi connectivity index (χ2n) is 7.40. The summed E-state index contributed by atoms with van der Waals surface area (Å²) in [6, 6.07) is 0. The van der Waals surface area contributed by atoms with E-state index in [1.165, 1.54) is 32.1 Å². The van der Waals surface area contributed by atoms with Crippen molar-refractivity contribution in [3.63, 3.8) is 0 Å². The topological polar surface area (TPSA) is 55.1 Å². The SMILES string of the molecule is CC1(CNC(=O)C(C)(C)C(C)(C)N)CCCCC1. The van der Waals surface area contributed by atoms with Gasteiger partial charge in [-0.2, -0.15) is 0 Å². The smallest absolute Gasteiger partial charge is 0.227 e. The zero-order valence-electron chi connectivity index (χ0n) is 12.7. The molecule has 3 nitrogen and oxygen atoms in total. The van der Waals surface area contributed by atoms with Crippen LogP contribution in [0.3, 0.4) is 0 Å². The molecule has 0 saturated heterocycles. The predicted octanol–water partition coefficient (Wildman–Crippen LogP) is 2.84. The summed E-state index contributed by atoms with van der Waals surface area (Å²) in [5, 5.41) is 3.12. The molecule has 0 aromatic heterocycles. The van der Waals surface area contributed by atoms with Gasteiger partial charge in [0.2, 0.25) is 5.91 Å². The summed E-state index contributed by atoms with van der Waals surface area (Å²) in [7, 11) is 0. The molecule has 0 aromatic carbocycles. The van der Waals surface area contributed by atoms with Crippen LogP contribution in [0.5, 0.6) is 0 Å². The summed E-state index contributed by atoms with van der Waals surface area (Å²) < 4.78 is 0. The van der Waals surface area contributed by atoms with Gasteiger partial charge < -0.3 is 11.1 Å². The van der Waals surface area contributed by atoms with Gasteiger partial charge in [0, 0.05) is 12.1 Å². The van der Waals surface area contributed by atoms with E-state index in [-0.39, 0.29) is 11.3 Å². The number of hydrogen-bond donors (Lipinski definition) is 2. The van der Waals surface area contributed by atoms with Crippen LogP contribution in [0.15, 0.2) is 0 Å². The number of hydrogen-bond acceptors (Lipinski definition) is 2. The van der Waals surface area contributed by atoms with Crippen molar-refractivity contribution < 1.29 is 4.79 Å². The highest BCUT2D eigenvalue weighted by molar-refractivity contribution is 5.83. The fourth-order valence-corrected chi connectivity index (χ4v) is 2.39. The lowest BCUT2D eigenvalue weighted by atomic mass is 9.73. The Morgan fingerprint density at radius 1 is 1.17 bits per heavy atom. The van der Waals surface area contributed by atoms with E-state index in [2.05, 4.69) is 12.2 Å². The van der Waals surface area contributed by atoms with E-state index in [0.29, 0.717) is 0 Å². The zero-order valence-corrected chi connectivity index (χ0v) is 12.7. The number of amides is 1. The molecule has 0 heterocycles. The van der Waals surface area contributed by atoms with E-state index in [1.54, 1.807) is 0 Å². The van der Waals surface area contributed by atoms with Gasteiger partial charge in [-0.25, -0.2) is 0 Å². The number of nitrogens with one attached hydrogen (secondary N) is 1. The van der Waals surface area contributed by atoms with Crippen molar-refractivity contribution >= 4 is 5.91 Å². The minimum Gasteiger partial charge on any atom is -0.355 e. The molecular formula is C15H30N2O. The first kappa shape index (κ1) is 15.5. The van der Waals surface area contributed by atoms with Crippen LogP contribution in [0.4, 0.5) is 0 Å². The van der Waals surface area contributed by atoms with Crippen LogP contribution in [0.2, 0.25) is 0 Å². The summed E-state index contributed by atoms with van der Waals surface area (Å²) in [4.78, 5) is 12.3. The maximum atomic E-state index is 12.3. The third-order valence-corrected chi connectivity index (χ3v) is 4.91. The molecule has 0 bridgehead atoms. The molecule has 0 aromatic rings. The van der Waals surface area contributed by atoms with Crippen LogP contribution >= 0.6 is 0 Å². The Morgan fingerprint density at radius 3 is 2.11 bits per heavy atom. The van der Waals surface area contributed by atoms with Crippen LogP contribution in [-0.4, -0.2) is 18.0 Å². The minimum absolute atomic E-state index is 0.0711. The molecule has 1 rings (SSSR count). The molecule has 18 heavy (non-hydrogen) atoms. The summed E-state index contributed by atoms with van der Waals surface area (Å²) in [6.07, 6.45) is 6.36. The quantitative estimate of drug-likeness (QED) is 0.810. The number of carbonyl (C=O) groups is 1. The molecule has 106 valence electrons. The van der Waals surface area contributed by atoms with E-state index in [9.17, 15) is 4.79 Å². The molecule has 3 heteroatoms. The first-order valence-electron chi connectivity index (χ1n) is 7.16. The molecule has 0 aliphatic heterocycles. The van der Waals surface area contributed by atoms with Crippen molar-refractivity contribution in [2.45, 2.75) is 72.3 Å². The van der Waals surface area contributed by atoms with E-state index >= 15 is 0 Å². The van der Waals surface area contributed by atoms with Gasteiger partial charge in [0.1, 0.15) is 0 Å². The van der Waals surface area contributed by atoms with Gasteiger partial charge in [0.15, 0.2) is 0 Å². The van der Waals surface area contributed by atoms with Gasteiger partial charge in [-0.15, -0.1) is 0 Å². The van der Waals surface area contributed by atoms with Crippen LogP contribution in [-0.2, 0) is 4.79 Å². The molecule has 1 amide bonds. The van der Waals surface area contributed by atoms with E-state index in [0.717, 1.165) is 6.54 Å². The highest BCUT2D eigenvalue weighted by atomic mass is 16.2. The average Bonchev–Trinajstić information content (AvgIpc) is 2.25. The standard InChI is InChI=1S/C15H30N2O/c1-13(2,14(3,4)16)12(18)17-11-15(5)9-7-6-8-10-15/h6-11,16H2,1-5H3,(H,17,18). The van der Waals surface area contributed by atoms with Gasteiger partial charge in [0.05, 0.1) is 5.41 Å². The summed E-state index contributed by atoms with van der Waals surface area (Å²) in [5.41, 5.74) is 5.32. The van der Waals surface area contributed by atoms with Crippen molar-refractivity contribution in [2.75, 3.05) is 6.54 Å². The molecular weight excluding hydrogens is 224 g/mol. The Labute approximate surface area is 112 Å². The van der Waals surface area contributed by atoms with Gasteiger partial charge in [-0.3, -0.25) is 4.79 Å². The first-order chi connectivity index (χ1) is 8.08. The van der Waals surface area contributed by atoms with Gasteiger partial charge in [-0.1, -0.05) is 26.2 Å². The maximum Gasteiger partial charge on any atom is 0.227 e. The zero-order chi connectivity index (χ0) is 14.0. The number of carbonyl (C=O) groups excluding carboxylic acids is 1. The van der Waals surface area contributed by atoms with Crippen molar-refractivity contribution in [3.8, 4) is 0 Å². The minimum atomic E-state index is -0.544. The normalized spacial score (nSPS) is 20.6. The van der Waals surface area contributed by atoms with E-state index in [4.69, 9.17) is 5.73 Å². The van der Waals surface area contributed by atoms with Crippen LogP contribution in [0.25, 0.3) is 0 Å². The third kappa shape index (κ3) is 3.47. The second kappa shape index (κ2) is 5.20. The Kier molecular flexibility index (Phi) is 4.47. The van der Waals surface area contributed by atoms with Gasteiger partial charge >= 0.3 is 0 Å². The average molecular weight is 254 g/mol. The molecule has 3 N–H and O–H groups in total. The first-order valence-corrected chi connectivity index (χ1v) is 7.16. The fourth-order valence-electron chi connectivity index (χ4n) is 2.39. The Bertz CT molecular complexity index is 296.